The molecule has 0 bridgehead atoms. The molecule has 6 nitrogen and oxygen atoms in total. The van der Waals surface area contributed by atoms with Crippen molar-refractivity contribution in [2.75, 3.05) is 43.4 Å². The molecule has 2 aromatic heterocycles. The highest BCUT2D eigenvalue weighted by Gasteiger charge is 2.14. The molecular weight excluding hydrogens is 278 g/mol. The van der Waals surface area contributed by atoms with Crippen LogP contribution in [0.5, 0.6) is 0 Å². The first-order valence-corrected chi connectivity index (χ1v) is 7.33. The van der Waals surface area contributed by atoms with Crippen molar-refractivity contribution in [3.05, 3.63) is 48.4 Å². The third-order valence-corrected chi connectivity index (χ3v) is 3.78. The fourth-order valence-corrected chi connectivity index (χ4v) is 2.40. The van der Waals surface area contributed by atoms with Gasteiger partial charge in [-0.2, -0.15) is 0 Å². The van der Waals surface area contributed by atoms with Crippen molar-refractivity contribution in [2.24, 2.45) is 0 Å². The van der Waals surface area contributed by atoms with Crippen LogP contribution in [0.4, 0.5) is 11.5 Å². The Morgan fingerprint density at radius 2 is 1.95 bits per heavy atom. The van der Waals surface area contributed by atoms with Crippen LogP contribution in [0.2, 0.25) is 0 Å². The predicted molar refractivity (Wildman–Crippen MR) is 86.1 cm³/mol. The van der Waals surface area contributed by atoms with Gasteiger partial charge in [-0.05, 0) is 31.3 Å². The summed E-state index contributed by atoms with van der Waals surface area (Å²) in [4.78, 5) is 24.9. The maximum atomic E-state index is 12.0. The summed E-state index contributed by atoms with van der Waals surface area (Å²) in [7, 11) is 2.13. The van der Waals surface area contributed by atoms with E-state index in [1.54, 1.807) is 18.3 Å². The molecule has 2 aromatic rings. The van der Waals surface area contributed by atoms with Crippen LogP contribution in [0.25, 0.3) is 0 Å². The second-order valence-corrected chi connectivity index (χ2v) is 5.39. The lowest BCUT2D eigenvalue weighted by Gasteiger charge is -2.33. The van der Waals surface area contributed by atoms with Gasteiger partial charge in [-0.15, -0.1) is 0 Å². The molecule has 22 heavy (non-hydrogen) atoms. The highest BCUT2D eigenvalue weighted by atomic mass is 16.1. The van der Waals surface area contributed by atoms with Gasteiger partial charge in [-0.1, -0.05) is 0 Å². The number of nitrogens with one attached hydrogen (secondary N) is 1. The van der Waals surface area contributed by atoms with Crippen molar-refractivity contribution in [1.82, 2.24) is 14.9 Å². The number of hydrogen-bond acceptors (Lipinski definition) is 5. The van der Waals surface area contributed by atoms with Crippen molar-refractivity contribution in [2.45, 2.75) is 0 Å². The summed E-state index contributed by atoms with van der Waals surface area (Å²) in [5.74, 6) is 0.347. The van der Waals surface area contributed by atoms with Crippen LogP contribution < -0.4 is 10.2 Å². The van der Waals surface area contributed by atoms with Gasteiger partial charge < -0.3 is 15.1 Å². The molecule has 0 aliphatic carbocycles. The van der Waals surface area contributed by atoms with E-state index in [2.05, 4.69) is 32.1 Å². The van der Waals surface area contributed by atoms with Crippen LogP contribution in [0.15, 0.2) is 42.9 Å². The first kappa shape index (κ1) is 14.5. The Balaban J connectivity index is 1.63. The molecule has 0 aromatic carbocycles. The van der Waals surface area contributed by atoms with E-state index >= 15 is 0 Å². The molecule has 0 atom stereocenters. The summed E-state index contributed by atoms with van der Waals surface area (Å²) in [6.07, 6.45) is 4.98. The number of pyridine rings is 2. The third kappa shape index (κ3) is 3.40. The molecule has 1 amide bonds. The maximum absolute atomic E-state index is 12.0. The van der Waals surface area contributed by atoms with Crippen LogP contribution in [0, 0.1) is 0 Å². The fourth-order valence-electron chi connectivity index (χ4n) is 2.40. The largest absolute Gasteiger partial charge is 0.368 e. The van der Waals surface area contributed by atoms with Crippen LogP contribution in [-0.4, -0.2) is 54.0 Å². The minimum atomic E-state index is -0.201. The van der Waals surface area contributed by atoms with E-state index < -0.39 is 0 Å². The van der Waals surface area contributed by atoms with Gasteiger partial charge in [0.25, 0.3) is 5.91 Å². The van der Waals surface area contributed by atoms with Gasteiger partial charge in [-0.3, -0.25) is 9.78 Å². The number of nitrogens with zero attached hydrogens (tertiary/aromatic N) is 4. The number of aromatic nitrogens is 2. The van der Waals surface area contributed by atoms with Gasteiger partial charge in [0.05, 0.1) is 17.4 Å². The summed E-state index contributed by atoms with van der Waals surface area (Å²) >= 11 is 0. The highest BCUT2D eigenvalue weighted by molar-refractivity contribution is 6.03. The number of piperazine rings is 1. The summed E-state index contributed by atoms with van der Waals surface area (Å²) in [6, 6.07) is 7.29. The minimum absolute atomic E-state index is 0.201. The molecule has 114 valence electrons. The topological polar surface area (TPSA) is 61.4 Å². The van der Waals surface area contributed by atoms with Gasteiger partial charge in [0.2, 0.25) is 0 Å². The second-order valence-electron chi connectivity index (χ2n) is 5.39. The molecule has 3 rings (SSSR count). The molecule has 0 saturated carbocycles. The predicted octanol–water partition coefficient (Wildman–Crippen LogP) is 1.48. The summed E-state index contributed by atoms with van der Waals surface area (Å²) in [5.41, 5.74) is 1.61. The van der Waals surface area contributed by atoms with Crippen LogP contribution in [0.3, 0.4) is 0 Å². The fraction of sp³-hybridized carbons (Fsp3) is 0.312. The quantitative estimate of drug-likeness (QED) is 0.930. The van der Waals surface area contributed by atoms with Crippen molar-refractivity contribution in [3.8, 4) is 0 Å². The van der Waals surface area contributed by atoms with Gasteiger partial charge >= 0.3 is 0 Å². The van der Waals surface area contributed by atoms with Gasteiger partial charge in [0, 0.05) is 38.6 Å². The van der Waals surface area contributed by atoms with Gasteiger partial charge in [0.1, 0.15) is 5.82 Å². The second kappa shape index (κ2) is 6.53. The lowest BCUT2D eigenvalue weighted by atomic mass is 10.2. The number of amides is 1. The summed E-state index contributed by atoms with van der Waals surface area (Å²) in [5, 5.41) is 2.78. The molecule has 1 fully saturated rings. The molecule has 0 unspecified atom stereocenters. The average Bonchev–Trinajstić information content (AvgIpc) is 2.57. The normalized spacial score (nSPS) is 15.6. The maximum Gasteiger partial charge on any atom is 0.258 e. The zero-order valence-electron chi connectivity index (χ0n) is 12.6. The van der Waals surface area contributed by atoms with Crippen LogP contribution in [-0.2, 0) is 0 Å². The lowest BCUT2D eigenvalue weighted by molar-refractivity contribution is 0.102. The third-order valence-electron chi connectivity index (χ3n) is 3.78. The number of hydrogen-bond donors (Lipinski definition) is 1. The van der Waals surface area contributed by atoms with E-state index in [4.69, 9.17) is 0 Å². The Morgan fingerprint density at radius 3 is 2.59 bits per heavy atom. The van der Waals surface area contributed by atoms with Crippen molar-refractivity contribution in [1.29, 1.82) is 0 Å². The number of rotatable bonds is 3. The smallest absolute Gasteiger partial charge is 0.258 e. The summed E-state index contributed by atoms with van der Waals surface area (Å²) < 4.78 is 0. The zero-order valence-corrected chi connectivity index (χ0v) is 12.6. The molecule has 1 aliphatic rings. The number of likely N-dealkylation sites (N-methyl/N-ethyl adjacent to an activating group) is 1. The van der Waals surface area contributed by atoms with Gasteiger partial charge in [0.15, 0.2) is 0 Å². The molecule has 0 spiro atoms. The van der Waals surface area contributed by atoms with E-state index in [0.717, 1.165) is 31.9 Å². The molecule has 3 heterocycles. The molecule has 1 aliphatic heterocycles. The average molecular weight is 297 g/mol. The SMILES string of the molecule is CN1CCN(c2ccc(NC(=O)c3cccnc3)nc2)CC1. The zero-order chi connectivity index (χ0) is 15.4. The van der Waals surface area contributed by atoms with Crippen molar-refractivity contribution >= 4 is 17.4 Å². The Kier molecular flexibility index (Phi) is 4.29. The van der Waals surface area contributed by atoms with E-state index in [0.29, 0.717) is 11.4 Å². The summed E-state index contributed by atoms with van der Waals surface area (Å²) in [6.45, 7) is 4.11. The monoisotopic (exact) mass is 297 g/mol. The number of carbonyl (C=O) groups excluding carboxylic acids is 1. The van der Waals surface area contributed by atoms with Crippen molar-refractivity contribution in [3.63, 3.8) is 0 Å². The van der Waals surface area contributed by atoms with E-state index in [9.17, 15) is 4.79 Å². The molecule has 1 saturated heterocycles. The number of anilines is 2. The Labute approximate surface area is 129 Å². The standard InChI is InChI=1S/C16H19N5O/c1-20-7-9-21(10-8-20)14-4-5-15(18-12-14)19-16(22)13-3-2-6-17-11-13/h2-6,11-12H,7-10H2,1H3,(H,18,19,22). The van der Waals surface area contributed by atoms with Crippen molar-refractivity contribution < 1.29 is 4.79 Å². The number of carbonyl (C=O) groups is 1. The van der Waals surface area contributed by atoms with Gasteiger partial charge in [-0.25, -0.2) is 4.98 Å². The van der Waals surface area contributed by atoms with E-state index in [1.807, 2.05) is 18.3 Å². The van der Waals surface area contributed by atoms with Crippen LogP contribution in [0.1, 0.15) is 10.4 Å². The molecule has 6 heteroatoms. The Morgan fingerprint density at radius 1 is 1.14 bits per heavy atom. The first-order chi connectivity index (χ1) is 10.7. The minimum Gasteiger partial charge on any atom is -0.368 e. The first-order valence-electron chi connectivity index (χ1n) is 7.33. The van der Waals surface area contributed by atoms with E-state index in [1.165, 1.54) is 6.20 Å². The Bertz CT molecular complexity index is 621. The molecule has 0 radical (unpaired) electrons. The molecule has 1 N–H and O–H groups in total. The van der Waals surface area contributed by atoms with Crippen LogP contribution >= 0.6 is 0 Å². The van der Waals surface area contributed by atoms with E-state index in [-0.39, 0.29) is 5.91 Å². The lowest BCUT2D eigenvalue weighted by Crippen LogP contribution is -2.44. The molecular formula is C16H19N5O. The highest BCUT2D eigenvalue weighted by Crippen LogP contribution is 2.17. The Hall–Kier alpha value is -2.47.